The molecule has 0 saturated carbocycles. The van der Waals surface area contributed by atoms with E-state index in [1.165, 1.54) is 0 Å². The number of carbonyl (C=O) groups excluding carboxylic acids is 1. The summed E-state index contributed by atoms with van der Waals surface area (Å²) in [6.07, 6.45) is 2.31. The number of rotatable bonds is 9. The summed E-state index contributed by atoms with van der Waals surface area (Å²) in [6, 6.07) is 13.4. The highest BCUT2D eigenvalue weighted by Crippen LogP contribution is 2.27. The molecule has 0 unspecified atom stereocenters. The zero-order chi connectivity index (χ0) is 19.8. The summed E-state index contributed by atoms with van der Waals surface area (Å²) >= 11 is 1.63. The third-order valence-corrected chi connectivity index (χ3v) is 5.14. The van der Waals surface area contributed by atoms with E-state index in [9.17, 15) is 4.79 Å². The van der Waals surface area contributed by atoms with Crippen LogP contribution in [0.2, 0.25) is 0 Å². The van der Waals surface area contributed by atoms with Crippen LogP contribution in [0.3, 0.4) is 0 Å². The molecule has 0 spiro atoms. The minimum absolute atomic E-state index is 0.120. The van der Waals surface area contributed by atoms with Crippen molar-refractivity contribution in [3.8, 4) is 11.5 Å². The Morgan fingerprint density at radius 3 is 2.64 bits per heavy atom. The normalized spacial score (nSPS) is 10.5. The molecule has 3 aromatic rings. The van der Waals surface area contributed by atoms with E-state index in [2.05, 4.69) is 5.32 Å². The summed E-state index contributed by atoms with van der Waals surface area (Å²) in [6.45, 7) is 1.49. The fourth-order valence-corrected chi connectivity index (χ4v) is 3.56. The third-order valence-electron chi connectivity index (χ3n) is 4.28. The molecule has 0 atom stereocenters. The van der Waals surface area contributed by atoms with Gasteiger partial charge in [0.1, 0.15) is 5.76 Å². The first-order valence-corrected chi connectivity index (χ1v) is 9.86. The molecule has 0 fully saturated rings. The predicted octanol–water partition coefficient (Wildman–Crippen LogP) is 4.31. The Morgan fingerprint density at radius 2 is 1.96 bits per heavy atom. The van der Waals surface area contributed by atoms with Crippen molar-refractivity contribution >= 4 is 17.4 Å². The number of carbonyl (C=O) groups is 1. The molecule has 0 aliphatic heterocycles. The van der Waals surface area contributed by atoms with Gasteiger partial charge in [-0.3, -0.25) is 0 Å². The van der Waals surface area contributed by atoms with Gasteiger partial charge in [0.2, 0.25) is 0 Å². The van der Waals surface area contributed by atoms with E-state index in [1.54, 1.807) is 36.7 Å². The molecule has 0 aliphatic rings. The zero-order valence-corrected chi connectivity index (χ0v) is 16.8. The van der Waals surface area contributed by atoms with E-state index in [-0.39, 0.29) is 6.03 Å². The number of nitrogens with zero attached hydrogens (tertiary/aromatic N) is 1. The number of furan rings is 1. The van der Waals surface area contributed by atoms with Crippen molar-refractivity contribution in [3.05, 3.63) is 70.3 Å². The molecule has 0 aliphatic carbocycles. The van der Waals surface area contributed by atoms with Crippen molar-refractivity contribution in [2.24, 2.45) is 0 Å². The second-order valence-corrected chi connectivity index (χ2v) is 7.22. The van der Waals surface area contributed by atoms with Crippen LogP contribution in [-0.2, 0) is 19.5 Å². The van der Waals surface area contributed by atoms with Crippen LogP contribution in [-0.4, -0.2) is 31.7 Å². The fourth-order valence-electron chi connectivity index (χ4n) is 2.84. The predicted molar refractivity (Wildman–Crippen MR) is 109 cm³/mol. The molecular weight excluding hydrogens is 376 g/mol. The minimum Gasteiger partial charge on any atom is -0.493 e. The molecule has 1 N–H and O–H groups in total. The van der Waals surface area contributed by atoms with Gasteiger partial charge in [0.25, 0.3) is 0 Å². The maximum absolute atomic E-state index is 12.7. The third kappa shape index (κ3) is 5.29. The molecule has 2 heterocycles. The smallest absolute Gasteiger partial charge is 0.318 e. The van der Waals surface area contributed by atoms with Crippen LogP contribution in [0.1, 0.15) is 16.2 Å². The van der Waals surface area contributed by atoms with Crippen molar-refractivity contribution < 1.29 is 18.7 Å². The average Bonchev–Trinajstić information content (AvgIpc) is 3.41. The van der Waals surface area contributed by atoms with Gasteiger partial charge >= 0.3 is 6.03 Å². The molecule has 6 nitrogen and oxygen atoms in total. The van der Waals surface area contributed by atoms with E-state index < -0.39 is 0 Å². The van der Waals surface area contributed by atoms with Crippen molar-refractivity contribution in [1.82, 2.24) is 10.2 Å². The van der Waals surface area contributed by atoms with Crippen molar-refractivity contribution in [2.75, 3.05) is 20.8 Å². The Morgan fingerprint density at radius 1 is 1.11 bits per heavy atom. The summed E-state index contributed by atoms with van der Waals surface area (Å²) in [5.74, 6) is 2.13. The van der Waals surface area contributed by atoms with E-state index in [1.807, 2.05) is 47.8 Å². The topological polar surface area (TPSA) is 63.9 Å². The summed E-state index contributed by atoms with van der Waals surface area (Å²) in [5, 5.41) is 5.01. The van der Waals surface area contributed by atoms with Gasteiger partial charge in [-0.25, -0.2) is 4.79 Å². The molecule has 2 amide bonds. The Balaban J connectivity index is 1.58. The molecular formula is C21H24N2O4S. The Hall–Kier alpha value is -2.93. The van der Waals surface area contributed by atoms with Gasteiger partial charge < -0.3 is 24.1 Å². The first-order valence-electron chi connectivity index (χ1n) is 8.98. The van der Waals surface area contributed by atoms with Crippen molar-refractivity contribution in [1.29, 1.82) is 0 Å². The quantitative estimate of drug-likeness (QED) is 0.581. The Bertz CT molecular complexity index is 826. The second-order valence-electron chi connectivity index (χ2n) is 6.19. The minimum atomic E-state index is -0.120. The van der Waals surface area contributed by atoms with Gasteiger partial charge in [-0.05, 0) is 47.7 Å². The molecule has 0 radical (unpaired) electrons. The molecule has 28 heavy (non-hydrogen) atoms. The van der Waals surface area contributed by atoms with Crippen LogP contribution in [0.4, 0.5) is 4.79 Å². The van der Waals surface area contributed by atoms with E-state index in [4.69, 9.17) is 13.9 Å². The molecule has 148 valence electrons. The van der Waals surface area contributed by atoms with Crippen molar-refractivity contribution in [3.63, 3.8) is 0 Å². The summed E-state index contributed by atoms with van der Waals surface area (Å²) in [5.41, 5.74) is 1.06. The number of hydrogen-bond donors (Lipinski definition) is 1. The molecule has 0 bridgehead atoms. The van der Waals surface area contributed by atoms with E-state index in [0.29, 0.717) is 37.6 Å². The van der Waals surface area contributed by atoms with Gasteiger partial charge in [0, 0.05) is 11.4 Å². The van der Waals surface area contributed by atoms with Crippen LogP contribution in [0.25, 0.3) is 0 Å². The summed E-state index contributed by atoms with van der Waals surface area (Å²) in [4.78, 5) is 15.6. The Kier molecular flexibility index (Phi) is 6.97. The standard InChI is InChI=1S/C21H24N2O4S/c1-25-19-8-7-16(13-20(19)26-2)9-10-22-21(24)23(14-17-5-3-11-27-17)15-18-6-4-12-28-18/h3-8,11-13H,9-10,14-15H2,1-2H3,(H,22,24). The number of amides is 2. The van der Waals surface area contributed by atoms with Crippen LogP contribution < -0.4 is 14.8 Å². The highest BCUT2D eigenvalue weighted by molar-refractivity contribution is 7.09. The summed E-state index contributed by atoms with van der Waals surface area (Å²) < 4.78 is 16.0. The van der Waals surface area contributed by atoms with Crippen LogP contribution in [0, 0.1) is 0 Å². The zero-order valence-electron chi connectivity index (χ0n) is 16.0. The second kappa shape index (κ2) is 9.85. The molecule has 2 aromatic heterocycles. The molecule has 0 saturated heterocycles. The monoisotopic (exact) mass is 400 g/mol. The molecule has 1 aromatic carbocycles. The number of hydrogen-bond acceptors (Lipinski definition) is 5. The first-order chi connectivity index (χ1) is 13.7. The largest absolute Gasteiger partial charge is 0.493 e. The lowest BCUT2D eigenvalue weighted by molar-refractivity contribution is 0.188. The maximum atomic E-state index is 12.7. The van der Waals surface area contributed by atoms with Crippen LogP contribution >= 0.6 is 11.3 Å². The average molecular weight is 401 g/mol. The first kappa shape index (κ1) is 19.8. The van der Waals surface area contributed by atoms with Gasteiger partial charge in [-0.15, -0.1) is 11.3 Å². The number of thiophene rings is 1. The van der Waals surface area contributed by atoms with Crippen LogP contribution in [0.5, 0.6) is 11.5 Å². The van der Waals surface area contributed by atoms with Gasteiger partial charge in [-0.2, -0.15) is 0 Å². The van der Waals surface area contributed by atoms with E-state index in [0.717, 1.165) is 16.2 Å². The Labute approximate surface area is 168 Å². The number of urea groups is 1. The van der Waals surface area contributed by atoms with E-state index >= 15 is 0 Å². The number of methoxy groups -OCH3 is 2. The number of nitrogens with one attached hydrogen (secondary N) is 1. The highest BCUT2D eigenvalue weighted by Gasteiger charge is 2.16. The van der Waals surface area contributed by atoms with Crippen molar-refractivity contribution in [2.45, 2.75) is 19.5 Å². The molecule has 3 rings (SSSR count). The van der Waals surface area contributed by atoms with Gasteiger partial charge in [0.05, 0.1) is 33.6 Å². The van der Waals surface area contributed by atoms with Crippen LogP contribution in [0.15, 0.2) is 58.5 Å². The lowest BCUT2D eigenvalue weighted by atomic mass is 10.1. The lowest BCUT2D eigenvalue weighted by Crippen LogP contribution is -2.39. The molecule has 7 heteroatoms. The summed E-state index contributed by atoms with van der Waals surface area (Å²) in [7, 11) is 3.22. The number of benzene rings is 1. The highest BCUT2D eigenvalue weighted by atomic mass is 32.1. The van der Waals surface area contributed by atoms with Gasteiger partial charge in [0.15, 0.2) is 11.5 Å². The maximum Gasteiger partial charge on any atom is 0.318 e. The number of ether oxygens (including phenoxy) is 2. The fraction of sp³-hybridized carbons (Fsp3) is 0.286. The van der Waals surface area contributed by atoms with Gasteiger partial charge in [-0.1, -0.05) is 12.1 Å². The SMILES string of the molecule is COc1ccc(CCNC(=O)N(Cc2ccco2)Cc2cccs2)cc1OC. The lowest BCUT2D eigenvalue weighted by Gasteiger charge is -2.21.